The number of benzene rings is 2. The fourth-order valence-corrected chi connectivity index (χ4v) is 2.60. The average Bonchev–Trinajstić information content (AvgIpc) is 3.18. The number of aromatic nitrogens is 3. The van der Waals surface area contributed by atoms with E-state index in [4.69, 9.17) is 19.9 Å². The number of nitrogens with one attached hydrogen (secondary N) is 1. The van der Waals surface area contributed by atoms with E-state index in [2.05, 4.69) is 15.2 Å². The Morgan fingerprint density at radius 1 is 1.04 bits per heavy atom. The monoisotopic (exact) mass is 354 g/mol. The van der Waals surface area contributed by atoms with Gasteiger partial charge in [0.05, 0.1) is 26.9 Å². The predicted molar refractivity (Wildman–Crippen MR) is 98.6 cm³/mol. The lowest BCUT2D eigenvalue weighted by Gasteiger charge is -2.10. The van der Waals surface area contributed by atoms with E-state index >= 15 is 0 Å². The fraction of sp³-hybridized carbons (Fsp3) is 0.263. The van der Waals surface area contributed by atoms with Gasteiger partial charge in [-0.15, -0.1) is 0 Å². The SMILES string of the molecule is CCOc1cc(-c2n[nH]c([C@@H](N)c3ccc(OC)cc3)n2)ccc1OC. The van der Waals surface area contributed by atoms with E-state index in [-0.39, 0.29) is 0 Å². The maximum absolute atomic E-state index is 6.30. The minimum absolute atomic E-state index is 0.410. The molecule has 0 unspecified atom stereocenters. The lowest BCUT2D eigenvalue weighted by molar-refractivity contribution is 0.311. The highest BCUT2D eigenvalue weighted by atomic mass is 16.5. The number of hydrogen-bond donors (Lipinski definition) is 2. The van der Waals surface area contributed by atoms with Crippen LogP contribution in [0.4, 0.5) is 0 Å². The molecule has 1 heterocycles. The summed E-state index contributed by atoms with van der Waals surface area (Å²) >= 11 is 0. The van der Waals surface area contributed by atoms with Crippen LogP contribution in [0.3, 0.4) is 0 Å². The molecule has 0 spiro atoms. The summed E-state index contributed by atoms with van der Waals surface area (Å²) in [6.07, 6.45) is 0. The largest absolute Gasteiger partial charge is 0.497 e. The van der Waals surface area contributed by atoms with Gasteiger partial charge in [0.1, 0.15) is 11.6 Å². The number of rotatable bonds is 7. The molecule has 0 bridgehead atoms. The van der Waals surface area contributed by atoms with E-state index in [0.29, 0.717) is 29.8 Å². The third-order valence-electron chi connectivity index (χ3n) is 3.99. The molecule has 7 nitrogen and oxygen atoms in total. The molecular weight excluding hydrogens is 332 g/mol. The minimum Gasteiger partial charge on any atom is -0.497 e. The van der Waals surface area contributed by atoms with Crippen molar-refractivity contribution in [2.24, 2.45) is 5.73 Å². The van der Waals surface area contributed by atoms with Gasteiger partial charge in [0.2, 0.25) is 0 Å². The van der Waals surface area contributed by atoms with Crippen LogP contribution < -0.4 is 19.9 Å². The molecule has 1 aromatic heterocycles. The van der Waals surface area contributed by atoms with Crippen LogP contribution >= 0.6 is 0 Å². The van der Waals surface area contributed by atoms with Crippen molar-refractivity contribution in [1.82, 2.24) is 15.2 Å². The Morgan fingerprint density at radius 3 is 2.46 bits per heavy atom. The van der Waals surface area contributed by atoms with Gasteiger partial charge in [-0.25, -0.2) is 4.98 Å². The minimum atomic E-state index is -0.410. The normalized spacial score (nSPS) is 11.8. The third-order valence-corrected chi connectivity index (χ3v) is 3.99. The molecular formula is C19H22N4O3. The highest BCUT2D eigenvalue weighted by Crippen LogP contribution is 2.31. The van der Waals surface area contributed by atoms with Gasteiger partial charge in [0.25, 0.3) is 0 Å². The first-order chi connectivity index (χ1) is 12.7. The Hall–Kier alpha value is -3.06. The molecule has 1 atom stereocenters. The van der Waals surface area contributed by atoms with Crippen LogP contribution in [0.25, 0.3) is 11.4 Å². The molecule has 0 aliphatic heterocycles. The molecule has 3 aromatic rings. The van der Waals surface area contributed by atoms with Crippen LogP contribution in [0, 0.1) is 0 Å². The van der Waals surface area contributed by atoms with Crippen LogP contribution in [0.15, 0.2) is 42.5 Å². The highest BCUT2D eigenvalue weighted by Gasteiger charge is 2.16. The highest BCUT2D eigenvalue weighted by molar-refractivity contribution is 5.61. The average molecular weight is 354 g/mol. The maximum atomic E-state index is 6.30. The molecule has 26 heavy (non-hydrogen) atoms. The lowest BCUT2D eigenvalue weighted by atomic mass is 10.1. The Morgan fingerprint density at radius 2 is 1.81 bits per heavy atom. The van der Waals surface area contributed by atoms with Crippen LogP contribution in [-0.4, -0.2) is 36.0 Å². The van der Waals surface area contributed by atoms with Crippen molar-refractivity contribution >= 4 is 0 Å². The zero-order valence-electron chi connectivity index (χ0n) is 15.0. The van der Waals surface area contributed by atoms with Crippen LogP contribution in [0.2, 0.25) is 0 Å². The van der Waals surface area contributed by atoms with Crippen molar-refractivity contribution < 1.29 is 14.2 Å². The van der Waals surface area contributed by atoms with Crippen molar-refractivity contribution in [2.45, 2.75) is 13.0 Å². The summed E-state index contributed by atoms with van der Waals surface area (Å²) in [5.74, 6) is 3.23. The Labute approximate surface area is 152 Å². The van der Waals surface area contributed by atoms with Crippen molar-refractivity contribution in [3.8, 4) is 28.6 Å². The summed E-state index contributed by atoms with van der Waals surface area (Å²) in [4.78, 5) is 4.54. The molecule has 2 aromatic carbocycles. The first kappa shape index (κ1) is 17.8. The number of methoxy groups -OCH3 is 2. The molecule has 136 valence electrons. The molecule has 0 amide bonds. The number of hydrogen-bond acceptors (Lipinski definition) is 6. The number of aromatic amines is 1. The summed E-state index contributed by atoms with van der Waals surface area (Å²) in [7, 11) is 3.24. The molecule has 0 saturated carbocycles. The molecule has 3 rings (SSSR count). The van der Waals surface area contributed by atoms with Crippen molar-refractivity contribution in [2.75, 3.05) is 20.8 Å². The quantitative estimate of drug-likeness (QED) is 0.677. The zero-order valence-corrected chi connectivity index (χ0v) is 15.0. The molecule has 0 saturated heterocycles. The van der Waals surface area contributed by atoms with Gasteiger partial charge in [0, 0.05) is 5.56 Å². The van der Waals surface area contributed by atoms with Crippen LogP contribution in [0.1, 0.15) is 24.4 Å². The third kappa shape index (κ3) is 3.62. The van der Waals surface area contributed by atoms with E-state index < -0.39 is 6.04 Å². The van der Waals surface area contributed by atoms with Gasteiger partial charge in [-0.3, -0.25) is 5.10 Å². The van der Waals surface area contributed by atoms with Crippen molar-refractivity contribution in [3.05, 3.63) is 53.9 Å². The molecule has 7 heteroatoms. The number of nitrogens with zero attached hydrogens (tertiary/aromatic N) is 2. The first-order valence-electron chi connectivity index (χ1n) is 8.29. The molecule has 0 aliphatic rings. The smallest absolute Gasteiger partial charge is 0.181 e. The topological polar surface area (TPSA) is 95.3 Å². The van der Waals surface area contributed by atoms with Gasteiger partial charge in [-0.2, -0.15) is 5.10 Å². The summed E-state index contributed by atoms with van der Waals surface area (Å²) in [6, 6.07) is 12.7. The lowest BCUT2D eigenvalue weighted by Crippen LogP contribution is -2.13. The Balaban J connectivity index is 1.85. The summed E-state index contributed by atoms with van der Waals surface area (Å²) in [5.41, 5.74) is 8.04. The van der Waals surface area contributed by atoms with Crippen molar-refractivity contribution in [1.29, 1.82) is 0 Å². The second-order valence-corrected chi connectivity index (χ2v) is 5.59. The zero-order chi connectivity index (χ0) is 18.5. The van der Waals surface area contributed by atoms with Gasteiger partial charge >= 0.3 is 0 Å². The second-order valence-electron chi connectivity index (χ2n) is 5.59. The van der Waals surface area contributed by atoms with Crippen molar-refractivity contribution in [3.63, 3.8) is 0 Å². The second kappa shape index (κ2) is 7.88. The van der Waals surface area contributed by atoms with E-state index in [1.165, 1.54) is 0 Å². The Bertz CT molecular complexity index is 861. The van der Waals surface area contributed by atoms with Crippen LogP contribution in [0.5, 0.6) is 17.2 Å². The molecule has 0 radical (unpaired) electrons. The van der Waals surface area contributed by atoms with E-state index in [1.54, 1.807) is 14.2 Å². The van der Waals surface area contributed by atoms with E-state index in [0.717, 1.165) is 16.9 Å². The molecule has 3 N–H and O–H groups in total. The number of ether oxygens (including phenoxy) is 3. The first-order valence-corrected chi connectivity index (χ1v) is 8.29. The summed E-state index contributed by atoms with van der Waals surface area (Å²) in [5, 5.41) is 7.21. The molecule has 0 fully saturated rings. The molecule has 0 aliphatic carbocycles. The van der Waals surface area contributed by atoms with Gasteiger partial charge in [-0.05, 0) is 42.8 Å². The summed E-state index contributed by atoms with van der Waals surface area (Å²) < 4.78 is 16.1. The maximum Gasteiger partial charge on any atom is 0.181 e. The van der Waals surface area contributed by atoms with Crippen LogP contribution in [-0.2, 0) is 0 Å². The fourth-order valence-electron chi connectivity index (χ4n) is 2.60. The predicted octanol–water partition coefficient (Wildman–Crippen LogP) is 2.94. The van der Waals surface area contributed by atoms with Gasteiger partial charge in [0.15, 0.2) is 17.3 Å². The van der Waals surface area contributed by atoms with Gasteiger partial charge < -0.3 is 19.9 Å². The standard InChI is InChI=1S/C19H22N4O3/c1-4-26-16-11-13(7-10-15(16)25-3)18-21-19(23-22-18)17(20)12-5-8-14(24-2)9-6-12/h5-11,17H,4,20H2,1-3H3,(H,21,22,23)/t17-/m0/s1. The van der Waals surface area contributed by atoms with Gasteiger partial charge in [-0.1, -0.05) is 12.1 Å². The number of nitrogens with two attached hydrogens (primary N) is 1. The van der Waals surface area contributed by atoms with E-state index in [1.807, 2.05) is 49.4 Å². The Kier molecular flexibility index (Phi) is 5.38. The summed E-state index contributed by atoms with van der Waals surface area (Å²) in [6.45, 7) is 2.46. The number of H-pyrrole nitrogens is 1. The van der Waals surface area contributed by atoms with E-state index in [9.17, 15) is 0 Å².